The molecule has 0 saturated carbocycles. The lowest BCUT2D eigenvalue weighted by Gasteiger charge is -2.33. The van der Waals surface area contributed by atoms with E-state index in [4.69, 9.17) is 5.11 Å². The first-order valence-corrected chi connectivity index (χ1v) is 4.66. The van der Waals surface area contributed by atoms with Gasteiger partial charge in [-0.25, -0.2) is 4.79 Å². The predicted molar refractivity (Wildman–Crippen MR) is 45.3 cm³/mol. The Morgan fingerprint density at radius 2 is 1.48 bits per heavy atom. The minimum absolute atomic E-state index is 0.220. The monoisotopic (exact) mass is 330 g/mol. The maximum Gasteiger partial charge on any atom is 0.460 e. The van der Waals surface area contributed by atoms with Crippen molar-refractivity contribution in [1.82, 2.24) is 9.78 Å². The van der Waals surface area contributed by atoms with Gasteiger partial charge in [-0.1, -0.05) is 0 Å². The molecule has 1 aromatic rings. The van der Waals surface area contributed by atoms with E-state index >= 15 is 0 Å². The standard InChI is InChI=1S/C8H3F9N2O2/c9-5(10,7(13,14)15)6(11,12)8(16,17)19-3(4(20)21)1-2-18-19/h1-2H,(H,20,21). The predicted octanol–water partition coefficient (Wildman–Crippen LogP) is 2.96. The lowest BCUT2D eigenvalue weighted by molar-refractivity contribution is -0.415. The molecule has 0 fully saturated rings. The van der Waals surface area contributed by atoms with Crippen molar-refractivity contribution in [1.29, 1.82) is 0 Å². The number of nitrogens with zero attached hydrogens (tertiary/aromatic N) is 2. The fourth-order valence-corrected chi connectivity index (χ4v) is 1.19. The normalized spacial score (nSPS) is 14.3. The third kappa shape index (κ3) is 2.29. The number of aromatic carboxylic acids is 1. The molecule has 0 atom stereocenters. The van der Waals surface area contributed by atoms with Crippen LogP contribution in [0.1, 0.15) is 10.5 Å². The highest BCUT2D eigenvalue weighted by molar-refractivity contribution is 5.85. The summed E-state index contributed by atoms with van der Waals surface area (Å²) < 4.78 is 112. The molecule has 1 aromatic heterocycles. The summed E-state index contributed by atoms with van der Waals surface area (Å²) >= 11 is 0. The van der Waals surface area contributed by atoms with E-state index in [1.165, 1.54) is 0 Å². The molecule has 13 heteroatoms. The van der Waals surface area contributed by atoms with Crippen molar-refractivity contribution < 1.29 is 49.4 Å². The van der Waals surface area contributed by atoms with Gasteiger partial charge in [0.05, 0.1) is 6.20 Å². The van der Waals surface area contributed by atoms with Gasteiger partial charge in [-0.3, -0.25) is 0 Å². The molecule has 0 bridgehead atoms. The second-order valence-corrected chi connectivity index (χ2v) is 3.62. The Labute approximate surface area is 108 Å². The first-order valence-electron chi connectivity index (χ1n) is 4.66. The largest absolute Gasteiger partial charge is 0.477 e. The quantitative estimate of drug-likeness (QED) is 0.864. The lowest BCUT2D eigenvalue weighted by atomic mass is 10.1. The van der Waals surface area contributed by atoms with E-state index in [2.05, 4.69) is 5.10 Å². The average Bonchev–Trinajstić information content (AvgIpc) is 2.76. The number of halogens is 9. The first-order chi connectivity index (χ1) is 9.18. The number of aromatic nitrogens is 2. The van der Waals surface area contributed by atoms with Crippen molar-refractivity contribution >= 4 is 5.97 Å². The molecule has 0 saturated heterocycles. The molecule has 0 unspecified atom stereocenters. The Morgan fingerprint density at radius 3 is 1.86 bits per heavy atom. The molecule has 0 aliphatic rings. The fourth-order valence-electron chi connectivity index (χ4n) is 1.19. The molecule has 0 amide bonds. The third-order valence-corrected chi connectivity index (χ3v) is 2.26. The highest BCUT2D eigenvalue weighted by Crippen LogP contribution is 2.54. The zero-order valence-corrected chi connectivity index (χ0v) is 9.31. The first kappa shape index (κ1) is 17.1. The minimum Gasteiger partial charge on any atom is -0.477 e. The van der Waals surface area contributed by atoms with E-state index in [9.17, 15) is 44.3 Å². The molecule has 0 aliphatic heterocycles. The van der Waals surface area contributed by atoms with Crippen LogP contribution in [-0.2, 0) is 6.05 Å². The summed E-state index contributed by atoms with van der Waals surface area (Å²) in [6.45, 7) is 0. The highest BCUT2D eigenvalue weighted by atomic mass is 19.4. The maximum atomic E-state index is 13.3. The summed E-state index contributed by atoms with van der Waals surface area (Å²) in [5.41, 5.74) is -1.70. The zero-order valence-electron chi connectivity index (χ0n) is 9.31. The number of rotatable bonds is 4. The molecule has 120 valence electrons. The van der Waals surface area contributed by atoms with Gasteiger partial charge in [-0.15, -0.1) is 0 Å². The summed E-state index contributed by atoms with van der Waals surface area (Å²) in [5, 5.41) is 10.8. The Bertz CT molecular complexity index is 548. The number of alkyl halides is 9. The SMILES string of the molecule is O=C(O)c1ccnn1C(F)(F)C(F)(F)C(F)(F)C(F)(F)F. The zero-order chi connectivity index (χ0) is 16.9. The Kier molecular flexibility index (Phi) is 3.69. The van der Waals surface area contributed by atoms with E-state index in [-0.39, 0.29) is 12.3 Å². The van der Waals surface area contributed by atoms with Crippen LogP contribution < -0.4 is 0 Å². The van der Waals surface area contributed by atoms with Gasteiger partial charge in [-0.05, 0) is 6.07 Å². The van der Waals surface area contributed by atoms with Crippen LogP contribution in [0, 0.1) is 0 Å². The number of hydrogen-bond acceptors (Lipinski definition) is 2. The molecule has 1 rings (SSSR count). The Morgan fingerprint density at radius 1 is 1.00 bits per heavy atom. The van der Waals surface area contributed by atoms with Gasteiger partial charge in [0.1, 0.15) is 0 Å². The topological polar surface area (TPSA) is 55.1 Å². The van der Waals surface area contributed by atoms with Crippen molar-refractivity contribution in [2.24, 2.45) is 0 Å². The van der Waals surface area contributed by atoms with Crippen LogP contribution in [0.4, 0.5) is 39.5 Å². The van der Waals surface area contributed by atoms with Gasteiger partial charge in [-0.2, -0.15) is 49.3 Å². The van der Waals surface area contributed by atoms with Crippen LogP contribution in [0.3, 0.4) is 0 Å². The Hall–Kier alpha value is -1.95. The number of carboxylic acid groups (broad SMARTS) is 1. The highest BCUT2D eigenvalue weighted by Gasteiger charge is 2.83. The van der Waals surface area contributed by atoms with Gasteiger partial charge < -0.3 is 5.11 Å². The van der Waals surface area contributed by atoms with Gasteiger partial charge in [0, 0.05) is 0 Å². The lowest BCUT2D eigenvalue weighted by Crippen LogP contribution is -2.61. The molecule has 4 nitrogen and oxygen atoms in total. The molecular formula is C8H3F9N2O2. The second-order valence-electron chi connectivity index (χ2n) is 3.62. The smallest absolute Gasteiger partial charge is 0.460 e. The van der Waals surface area contributed by atoms with Crippen molar-refractivity contribution in [2.75, 3.05) is 0 Å². The van der Waals surface area contributed by atoms with Gasteiger partial charge in [0.2, 0.25) is 0 Å². The molecule has 1 heterocycles. The van der Waals surface area contributed by atoms with Crippen molar-refractivity contribution in [3.63, 3.8) is 0 Å². The van der Waals surface area contributed by atoms with E-state index in [0.29, 0.717) is 0 Å². The van der Waals surface area contributed by atoms with Crippen LogP contribution >= 0.6 is 0 Å². The van der Waals surface area contributed by atoms with E-state index in [1.54, 1.807) is 0 Å². The summed E-state index contributed by atoms with van der Waals surface area (Å²) in [6, 6.07) is -6.03. The molecule has 0 radical (unpaired) electrons. The van der Waals surface area contributed by atoms with Crippen LogP contribution in [-0.4, -0.2) is 38.9 Å². The van der Waals surface area contributed by atoms with E-state index in [0.717, 1.165) is 0 Å². The third-order valence-electron chi connectivity index (χ3n) is 2.26. The summed E-state index contributed by atoms with van der Waals surface area (Å²) in [6.07, 6.45) is -6.77. The Balaban J connectivity index is 3.47. The van der Waals surface area contributed by atoms with Crippen LogP contribution in [0.15, 0.2) is 12.3 Å². The number of hydrogen-bond donors (Lipinski definition) is 1. The summed E-state index contributed by atoms with van der Waals surface area (Å²) in [5.74, 6) is -16.4. The van der Waals surface area contributed by atoms with Crippen LogP contribution in [0.2, 0.25) is 0 Å². The molecular weight excluding hydrogens is 327 g/mol. The number of carbonyl (C=O) groups is 1. The van der Waals surface area contributed by atoms with Gasteiger partial charge in [0.25, 0.3) is 0 Å². The van der Waals surface area contributed by atoms with Gasteiger partial charge >= 0.3 is 30.0 Å². The molecule has 0 aromatic carbocycles. The summed E-state index contributed by atoms with van der Waals surface area (Å²) in [4.78, 5) is 10.5. The van der Waals surface area contributed by atoms with Crippen LogP contribution in [0.5, 0.6) is 0 Å². The molecule has 0 spiro atoms. The van der Waals surface area contributed by atoms with Gasteiger partial charge in [0.15, 0.2) is 5.69 Å². The minimum atomic E-state index is -7.12. The van der Waals surface area contributed by atoms with E-state index in [1.807, 2.05) is 0 Å². The van der Waals surface area contributed by atoms with Crippen molar-refractivity contribution in [3.8, 4) is 0 Å². The average molecular weight is 330 g/mol. The van der Waals surface area contributed by atoms with Crippen molar-refractivity contribution in [2.45, 2.75) is 24.1 Å². The molecule has 1 N–H and O–H groups in total. The number of carboxylic acids is 1. The molecule has 0 aliphatic carbocycles. The van der Waals surface area contributed by atoms with Crippen LogP contribution in [0.25, 0.3) is 0 Å². The fraction of sp³-hybridized carbons (Fsp3) is 0.500. The van der Waals surface area contributed by atoms with E-state index < -0.39 is 40.4 Å². The van der Waals surface area contributed by atoms with Crippen molar-refractivity contribution in [3.05, 3.63) is 18.0 Å². The molecule has 21 heavy (non-hydrogen) atoms. The second kappa shape index (κ2) is 4.53. The summed E-state index contributed by atoms with van der Waals surface area (Å²) in [7, 11) is 0. The maximum absolute atomic E-state index is 13.3.